The number of benzene rings is 2. The Labute approximate surface area is 218 Å². The lowest BCUT2D eigenvalue weighted by atomic mass is 9.85. The van der Waals surface area contributed by atoms with Crippen molar-refractivity contribution in [3.63, 3.8) is 0 Å². The van der Waals surface area contributed by atoms with Crippen molar-refractivity contribution in [3.05, 3.63) is 93.8 Å². The molecule has 1 unspecified atom stereocenters. The largest absolute Gasteiger partial charge is 0.372 e. The summed E-state index contributed by atoms with van der Waals surface area (Å²) in [6.07, 6.45) is 4.31. The molecule has 0 bridgehead atoms. The molecule has 1 atom stereocenters. The summed E-state index contributed by atoms with van der Waals surface area (Å²) in [7, 11) is 0. The minimum atomic E-state index is -2.23. The van der Waals surface area contributed by atoms with Crippen LogP contribution in [0.3, 0.4) is 0 Å². The summed E-state index contributed by atoms with van der Waals surface area (Å²) in [5, 5.41) is 15.0. The molecule has 2 amide bonds. The number of nitrogens with one attached hydrogen (secondary N) is 1. The monoisotopic (exact) mass is 525 g/mol. The van der Waals surface area contributed by atoms with Gasteiger partial charge < -0.3 is 15.3 Å². The number of hydrogen-bond donors (Lipinski definition) is 2. The van der Waals surface area contributed by atoms with Crippen LogP contribution in [0, 0.1) is 24.5 Å². The van der Waals surface area contributed by atoms with E-state index in [1.807, 2.05) is 0 Å². The second kappa shape index (κ2) is 9.84. The normalized spacial score (nSPS) is 23.2. The van der Waals surface area contributed by atoms with Crippen molar-refractivity contribution in [2.75, 3.05) is 11.4 Å². The van der Waals surface area contributed by atoms with E-state index in [1.165, 1.54) is 41.4 Å². The van der Waals surface area contributed by atoms with Gasteiger partial charge >= 0.3 is 0 Å². The fraction of sp³-hybridized carbons (Fsp3) is 0.321. The van der Waals surface area contributed by atoms with Crippen molar-refractivity contribution in [2.45, 2.75) is 44.2 Å². The number of halogens is 3. The van der Waals surface area contributed by atoms with Gasteiger partial charge in [-0.25, -0.2) is 8.78 Å². The van der Waals surface area contributed by atoms with E-state index in [0.29, 0.717) is 42.0 Å². The Balaban J connectivity index is 1.30. The number of aromatic nitrogens is 1. The number of rotatable bonds is 5. The SMILES string of the molecule is Cc1ncc(Cl)cc1C(=O)NC1CCC(CN2C(=O)C(O)(c3ccccc3F)c3ccc(F)cc32)CC1. The van der Waals surface area contributed by atoms with Gasteiger partial charge in [0.15, 0.2) is 5.60 Å². The summed E-state index contributed by atoms with van der Waals surface area (Å²) < 4.78 is 28.9. The van der Waals surface area contributed by atoms with Crippen LogP contribution in [0.1, 0.15) is 52.9 Å². The molecule has 5 rings (SSSR count). The molecule has 1 aliphatic carbocycles. The number of amides is 2. The average Bonchev–Trinajstić information content (AvgIpc) is 3.08. The van der Waals surface area contributed by atoms with Crippen molar-refractivity contribution in [1.82, 2.24) is 10.3 Å². The third-order valence-electron chi connectivity index (χ3n) is 7.38. The molecule has 6 nitrogen and oxygen atoms in total. The smallest absolute Gasteiger partial charge is 0.268 e. The van der Waals surface area contributed by atoms with Crippen molar-refractivity contribution >= 4 is 29.1 Å². The molecule has 2 N–H and O–H groups in total. The molecule has 1 aliphatic heterocycles. The van der Waals surface area contributed by atoms with Crippen LogP contribution in [0.4, 0.5) is 14.5 Å². The molecule has 0 spiro atoms. The summed E-state index contributed by atoms with van der Waals surface area (Å²) in [5.41, 5.74) is -0.958. The lowest BCUT2D eigenvalue weighted by Crippen LogP contribution is -2.45. The second-order valence-corrected chi connectivity index (χ2v) is 10.2. The fourth-order valence-electron chi connectivity index (χ4n) is 5.40. The Morgan fingerprint density at radius 2 is 1.86 bits per heavy atom. The summed E-state index contributed by atoms with van der Waals surface area (Å²) in [6.45, 7) is 2.00. The van der Waals surface area contributed by atoms with Gasteiger partial charge in [-0.2, -0.15) is 0 Å². The molecule has 2 heterocycles. The van der Waals surface area contributed by atoms with Gasteiger partial charge in [0, 0.05) is 29.9 Å². The molecule has 2 aromatic carbocycles. The summed E-state index contributed by atoms with van der Waals surface area (Å²) in [6, 6.07) is 10.8. The highest BCUT2D eigenvalue weighted by atomic mass is 35.5. The highest BCUT2D eigenvalue weighted by Crippen LogP contribution is 2.46. The van der Waals surface area contributed by atoms with Crippen LogP contribution in [0.25, 0.3) is 0 Å². The molecule has 9 heteroatoms. The topological polar surface area (TPSA) is 82.5 Å². The third-order valence-corrected chi connectivity index (χ3v) is 7.59. The van der Waals surface area contributed by atoms with E-state index in [1.54, 1.807) is 19.1 Å². The summed E-state index contributed by atoms with van der Waals surface area (Å²) in [5.74, 6) is -2.13. The Hall–Kier alpha value is -3.36. The molecule has 2 aliphatic rings. The number of carbonyl (C=O) groups excluding carboxylic acids is 2. The van der Waals surface area contributed by atoms with E-state index in [9.17, 15) is 23.5 Å². The molecular weight excluding hydrogens is 500 g/mol. The molecular formula is C28H26ClF2N3O3. The molecule has 1 aromatic heterocycles. The fourth-order valence-corrected chi connectivity index (χ4v) is 5.56. The third kappa shape index (κ3) is 4.60. The van der Waals surface area contributed by atoms with Gasteiger partial charge in [0.1, 0.15) is 11.6 Å². The van der Waals surface area contributed by atoms with Crippen LogP contribution in [-0.2, 0) is 10.4 Å². The first-order valence-corrected chi connectivity index (χ1v) is 12.6. The van der Waals surface area contributed by atoms with Gasteiger partial charge in [0.25, 0.3) is 11.8 Å². The second-order valence-electron chi connectivity index (χ2n) is 9.75. The van der Waals surface area contributed by atoms with Gasteiger partial charge in [-0.3, -0.25) is 14.6 Å². The Kier molecular flexibility index (Phi) is 6.72. The zero-order valence-corrected chi connectivity index (χ0v) is 20.9. The molecule has 37 heavy (non-hydrogen) atoms. The predicted octanol–water partition coefficient (Wildman–Crippen LogP) is 4.89. The Bertz CT molecular complexity index is 1380. The minimum absolute atomic E-state index is 0.0449. The zero-order chi connectivity index (χ0) is 26.3. The summed E-state index contributed by atoms with van der Waals surface area (Å²) >= 11 is 5.99. The Morgan fingerprint density at radius 1 is 1.14 bits per heavy atom. The van der Waals surface area contributed by atoms with Gasteiger partial charge in [-0.1, -0.05) is 35.9 Å². The van der Waals surface area contributed by atoms with E-state index in [4.69, 9.17) is 11.6 Å². The van der Waals surface area contributed by atoms with E-state index in [-0.39, 0.29) is 41.2 Å². The van der Waals surface area contributed by atoms with Crippen molar-refractivity contribution in [3.8, 4) is 0 Å². The standard InChI is InChI=1S/C28H26ClF2N3O3/c1-16-21(12-18(29)14-32-16)26(35)33-20-9-6-17(7-10-20)15-34-25-13-19(30)8-11-23(25)28(37,27(34)36)22-4-2-3-5-24(22)31/h2-5,8,11-14,17,20,37H,6-7,9-10,15H2,1H3,(H,33,35). The molecule has 0 saturated heterocycles. The highest BCUT2D eigenvalue weighted by molar-refractivity contribution is 6.30. The van der Waals surface area contributed by atoms with E-state index < -0.39 is 23.1 Å². The number of carbonyl (C=O) groups is 2. The van der Waals surface area contributed by atoms with Crippen molar-refractivity contribution < 1.29 is 23.5 Å². The first-order valence-electron chi connectivity index (χ1n) is 12.2. The number of nitrogens with zero attached hydrogens (tertiary/aromatic N) is 2. The average molecular weight is 526 g/mol. The number of hydrogen-bond acceptors (Lipinski definition) is 4. The van der Waals surface area contributed by atoms with Gasteiger partial charge in [0.2, 0.25) is 0 Å². The van der Waals surface area contributed by atoms with Crippen LogP contribution in [-0.4, -0.2) is 34.5 Å². The van der Waals surface area contributed by atoms with Crippen molar-refractivity contribution in [2.24, 2.45) is 5.92 Å². The molecule has 1 saturated carbocycles. The quantitative estimate of drug-likeness (QED) is 0.497. The highest BCUT2D eigenvalue weighted by Gasteiger charge is 2.52. The van der Waals surface area contributed by atoms with E-state index in [2.05, 4.69) is 10.3 Å². The van der Waals surface area contributed by atoms with Gasteiger partial charge in [-0.05, 0) is 62.8 Å². The van der Waals surface area contributed by atoms with Crippen molar-refractivity contribution in [1.29, 1.82) is 0 Å². The van der Waals surface area contributed by atoms with Crippen LogP contribution in [0.15, 0.2) is 54.7 Å². The van der Waals surface area contributed by atoms with Gasteiger partial charge in [0.05, 0.1) is 22.0 Å². The number of aliphatic hydroxyl groups is 1. The van der Waals surface area contributed by atoms with E-state index >= 15 is 0 Å². The lowest BCUT2D eigenvalue weighted by Gasteiger charge is -2.32. The molecule has 1 fully saturated rings. The zero-order valence-electron chi connectivity index (χ0n) is 20.2. The number of pyridine rings is 1. The van der Waals surface area contributed by atoms with Crippen LogP contribution >= 0.6 is 11.6 Å². The van der Waals surface area contributed by atoms with Crippen LogP contribution in [0.2, 0.25) is 5.02 Å². The van der Waals surface area contributed by atoms with E-state index in [0.717, 1.165) is 6.07 Å². The molecule has 192 valence electrons. The maximum atomic E-state index is 14.7. The number of aryl methyl sites for hydroxylation is 1. The maximum Gasteiger partial charge on any atom is 0.268 e. The maximum absolute atomic E-state index is 14.7. The van der Waals surface area contributed by atoms with Gasteiger partial charge in [-0.15, -0.1) is 0 Å². The minimum Gasteiger partial charge on any atom is -0.372 e. The summed E-state index contributed by atoms with van der Waals surface area (Å²) in [4.78, 5) is 31.8. The van der Waals surface area contributed by atoms with Crippen LogP contribution in [0.5, 0.6) is 0 Å². The Morgan fingerprint density at radius 3 is 2.59 bits per heavy atom. The predicted molar refractivity (Wildman–Crippen MR) is 135 cm³/mol. The molecule has 0 radical (unpaired) electrons. The first kappa shape index (κ1) is 25.3. The first-order chi connectivity index (χ1) is 17.7. The number of fused-ring (bicyclic) bond motifs is 1. The number of anilines is 1. The lowest BCUT2D eigenvalue weighted by molar-refractivity contribution is -0.132. The van der Waals surface area contributed by atoms with Crippen LogP contribution < -0.4 is 10.2 Å². The molecule has 3 aromatic rings.